The fourth-order valence-electron chi connectivity index (χ4n) is 1.30. The smallest absolute Gasteiger partial charge is 0.354 e. The maximum absolute atomic E-state index is 13.4. The SMILES string of the molecule is Cc1ccc(F)c(Oc2nccc(C(=O)O)n2)c1. The molecule has 0 radical (unpaired) electrons. The number of halogens is 1. The van der Waals surface area contributed by atoms with Gasteiger partial charge in [0.25, 0.3) is 0 Å². The molecule has 0 saturated carbocycles. The molecule has 0 unspecified atom stereocenters. The Balaban J connectivity index is 2.31. The molecule has 0 aliphatic rings. The standard InChI is InChI=1S/C12H9FN2O3/c1-7-2-3-8(13)10(6-7)18-12-14-5-4-9(15-12)11(16)17/h2-6H,1H3,(H,16,17). The number of benzene rings is 1. The van der Waals surface area contributed by atoms with Crippen molar-refractivity contribution < 1.29 is 19.0 Å². The fraction of sp³-hybridized carbons (Fsp3) is 0.0833. The van der Waals surface area contributed by atoms with Gasteiger partial charge in [-0.2, -0.15) is 4.98 Å². The van der Waals surface area contributed by atoms with E-state index in [-0.39, 0.29) is 17.5 Å². The molecule has 0 fully saturated rings. The summed E-state index contributed by atoms with van der Waals surface area (Å²) in [4.78, 5) is 18.1. The molecule has 0 aliphatic heterocycles. The predicted molar refractivity (Wildman–Crippen MR) is 60.2 cm³/mol. The van der Waals surface area contributed by atoms with E-state index in [0.29, 0.717) is 0 Å². The zero-order valence-electron chi connectivity index (χ0n) is 9.42. The number of carboxylic acids is 1. The minimum absolute atomic E-state index is 0.0439. The van der Waals surface area contributed by atoms with Gasteiger partial charge in [-0.05, 0) is 30.7 Å². The van der Waals surface area contributed by atoms with Crippen molar-refractivity contribution in [3.8, 4) is 11.8 Å². The van der Waals surface area contributed by atoms with Crippen molar-refractivity contribution in [2.24, 2.45) is 0 Å². The molecule has 1 heterocycles. The number of hydrogen-bond donors (Lipinski definition) is 1. The van der Waals surface area contributed by atoms with Gasteiger partial charge in [-0.1, -0.05) is 6.07 Å². The van der Waals surface area contributed by atoms with Crippen LogP contribution in [0.2, 0.25) is 0 Å². The summed E-state index contributed by atoms with van der Waals surface area (Å²) in [6, 6.07) is 5.34. The zero-order chi connectivity index (χ0) is 13.1. The lowest BCUT2D eigenvalue weighted by molar-refractivity contribution is 0.0689. The van der Waals surface area contributed by atoms with Gasteiger partial charge < -0.3 is 9.84 Å². The Bertz CT molecular complexity index is 602. The second-order valence-electron chi connectivity index (χ2n) is 3.57. The van der Waals surface area contributed by atoms with E-state index in [1.54, 1.807) is 13.0 Å². The van der Waals surface area contributed by atoms with E-state index in [2.05, 4.69) is 9.97 Å². The minimum atomic E-state index is -1.20. The highest BCUT2D eigenvalue weighted by Gasteiger charge is 2.10. The highest BCUT2D eigenvalue weighted by molar-refractivity contribution is 5.85. The molecule has 0 aliphatic carbocycles. The number of rotatable bonds is 3. The van der Waals surface area contributed by atoms with Gasteiger partial charge in [-0.3, -0.25) is 0 Å². The Morgan fingerprint density at radius 1 is 1.39 bits per heavy atom. The monoisotopic (exact) mass is 248 g/mol. The van der Waals surface area contributed by atoms with Crippen molar-refractivity contribution in [3.63, 3.8) is 0 Å². The van der Waals surface area contributed by atoms with Crippen LogP contribution in [-0.4, -0.2) is 21.0 Å². The molecule has 1 aromatic carbocycles. The number of carboxylic acid groups (broad SMARTS) is 1. The molecular formula is C12H9FN2O3. The Kier molecular flexibility index (Phi) is 3.18. The average Bonchev–Trinajstić information content (AvgIpc) is 2.34. The summed E-state index contributed by atoms with van der Waals surface area (Å²) in [5, 5.41) is 8.75. The Morgan fingerprint density at radius 3 is 2.89 bits per heavy atom. The van der Waals surface area contributed by atoms with Gasteiger partial charge in [0.2, 0.25) is 0 Å². The summed E-state index contributed by atoms with van der Waals surface area (Å²) in [5.41, 5.74) is 0.592. The first kappa shape index (κ1) is 12.0. The van der Waals surface area contributed by atoms with Crippen molar-refractivity contribution in [3.05, 3.63) is 47.5 Å². The second-order valence-corrected chi connectivity index (χ2v) is 3.57. The Morgan fingerprint density at radius 2 is 2.17 bits per heavy atom. The van der Waals surface area contributed by atoms with Crippen LogP contribution in [0.5, 0.6) is 11.8 Å². The topological polar surface area (TPSA) is 72.3 Å². The van der Waals surface area contributed by atoms with Gasteiger partial charge in [-0.25, -0.2) is 14.2 Å². The van der Waals surface area contributed by atoms with Gasteiger partial charge in [-0.15, -0.1) is 0 Å². The van der Waals surface area contributed by atoms with Crippen molar-refractivity contribution in [1.29, 1.82) is 0 Å². The van der Waals surface area contributed by atoms with E-state index in [1.165, 1.54) is 24.4 Å². The second kappa shape index (κ2) is 4.79. The molecule has 1 N–H and O–H groups in total. The van der Waals surface area contributed by atoms with Crippen molar-refractivity contribution in [1.82, 2.24) is 9.97 Å². The molecule has 18 heavy (non-hydrogen) atoms. The molecule has 0 saturated heterocycles. The van der Waals surface area contributed by atoms with Crippen LogP contribution in [0.3, 0.4) is 0 Å². The van der Waals surface area contributed by atoms with Crippen LogP contribution in [0.4, 0.5) is 4.39 Å². The number of carbonyl (C=O) groups is 1. The number of aryl methyl sites for hydroxylation is 1. The molecule has 5 nitrogen and oxygen atoms in total. The molecule has 1 aromatic heterocycles. The molecular weight excluding hydrogens is 239 g/mol. The lowest BCUT2D eigenvalue weighted by Crippen LogP contribution is -2.03. The highest BCUT2D eigenvalue weighted by Crippen LogP contribution is 2.22. The third-order valence-corrected chi connectivity index (χ3v) is 2.14. The summed E-state index contributed by atoms with van der Waals surface area (Å²) >= 11 is 0. The molecule has 0 spiro atoms. The van der Waals surface area contributed by atoms with Gasteiger partial charge in [0.15, 0.2) is 17.3 Å². The van der Waals surface area contributed by atoms with Crippen LogP contribution in [0.15, 0.2) is 30.5 Å². The average molecular weight is 248 g/mol. The lowest BCUT2D eigenvalue weighted by Gasteiger charge is -2.05. The Hall–Kier alpha value is -2.50. The third kappa shape index (κ3) is 2.60. The first-order valence-corrected chi connectivity index (χ1v) is 5.06. The summed E-state index contributed by atoms with van der Waals surface area (Å²) in [6.45, 7) is 1.78. The number of aromatic carboxylic acids is 1. The van der Waals surface area contributed by atoms with E-state index in [9.17, 15) is 9.18 Å². The number of ether oxygens (including phenoxy) is 1. The minimum Gasteiger partial charge on any atom is -0.477 e. The van der Waals surface area contributed by atoms with Crippen molar-refractivity contribution in [2.75, 3.05) is 0 Å². The van der Waals surface area contributed by atoms with Crippen LogP contribution < -0.4 is 4.74 Å². The first-order valence-electron chi connectivity index (χ1n) is 5.06. The van der Waals surface area contributed by atoms with Crippen LogP contribution >= 0.6 is 0 Å². The summed E-state index contributed by atoms with van der Waals surface area (Å²) in [5.74, 6) is -1.81. The Labute approximate surface area is 102 Å². The third-order valence-electron chi connectivity index (χ3n) is 2.14. The molecule has 2 aromatic rings. The van der Waals surface area contributed by atoms with E-state index < -0.39 is 11.8 Å². The summed E-state index contributed by atoms with van der Waals surface area (Å²) < 4.78 is 18.5. The number of hydrogen-bond acceptors (Lipinski definition) is 4. The van der Waals surface area contributed by atoms with Gasteiger partial charge in [0.1, 0.15) is 0 Å². The van der Waals surface area contributed by atoms with Crippen LogP contribution in [0, 0.1) is 12.7 Å². The first-order chi connectivity index (χ1) is 8.56. The van der Waals surface area contributed by atoms with Crippen molar-refractivity contribution >= 4 is 5.97 Å². The normalized spacial score (nSPS) is 10.1. The molecule has 0 atom stereocenters. The molecule has 0 amide bonds. The van der Waals surface area contributed by atoms with E-state index in [1.807, 2.05) is 0 Å². The maximum atomic E-state index is 13.4. The van der Waals surface area contributed by atoms with Crippen LogP contribution in [-0.2, 0) is 0 Å². The lowest BCUT2D eigenvalue weighted by atomic mass is 10.2. The highest BCUT2D eigenvalue weighted by atomic mass is 19.1. The van der Waals surface area contributed by atoms with Gasteiger partial charge in [0.05, 0.1) is 0 Å². The maximum Gasteiger partial charge on any atom is 0.354 e. The molecule has 92 valence electrons. The quantitative estimate of drug-likeness (QED) is 0.902. The van der Waals surface area contributed by atoms with Crippen LogP contribution in [0.25, 0.3) is 0 Å². The summed E-state index contributed by atoms with van der Waals surface area (Å²) in [6.07, 6.45) is 1.24. The van der Waals surface area contributed by atoms with Gasteiger partial charge in [0, 0.05) is 6.20 Å². The largest absolute Gasteiger partial charge is 0.477 e. The molecule has 6 heteroatoms. The van der Waals surface area contributed by atoms with Gasteiger partial charge >= 0.3 is 12.0 Å². The van der Waals surface area contributed by atoms with Crippen molar-refractivity contribution in [2.45, 2.75) is 6.92 Å². The predicted octanol–water partition coefficient (Wildman–Crippen LogP) is 2.41. The number of aromatic nitrogens is 2. The molecule has 0 bridgehead atoms. The van der Waals surface area contributed by atoms with E-state index in [4.69, 9.17) is 9.84 Å². The fourth-order valence-corrected chi connectivity index (χ4v) is 1.30. The zero-order valence-corrected chi connectivity index (χ0v) is 9.42. The number of nitrogens with zero attached hydrogens (tertiary/aromatic N) is 2. The summed E-state index contributed by atoms with van der Waals surface area (Å²) in [7, 11) is 0. The molecule has 2 rings (SSSR count). The van der Waals surface area contributed by atoms with E-state index >= 15 is 0 Å². The van der Waals surface area contributed by atoms with E-state index in [0.717, 1.165) is 5.56 Å². The van der Waals surface area contributed by atoms with Crippen LogP contribution in [0.1, 0.15) is 16.1 Å².